The monoisotopic (exact) mass is 1260 g/mol. The number of carbonyl (C=O) groups excluding carboxylic acids is 11. The van der Waals surface area contributed by atoms with Crippen LogP contribution in [0.5, 0.6) is 0 Å². The maximum Gasteiger partial charge on any atom is 0.246 e. The number of hydrogen-bond acceptors (Lipinski definition) is 13. The summed E-state index contributed by atoms with van der Waals surface area (Å²) < 4.78 is 0. The van der Waals surface area contributed by atoms with Crippen LogP contribution in [0, 0.1) is 41.4 Å². The second kappa shape index (κ2) is 37.6. The average Bonchev–Trinajstić information content (AvgIpc) is 1.62. The van der Waals surface area contributed by atoms with Gasteiger partial charge in [-0.2, -0.15) is 0 Å². The third kappa shape index (κ3) is 23.7. The number of nitrogens with one attached hydrogen (secondary N) is 4. The van der Waals surface area contributed by atoms with Crippen LogP contribution in [0.4, 0.5) is 0 Å². The van der Waals surface area contributed by atoms with Gasteiger partial charge in [0.1, 0.15) is 60.4 Å². The van der Waals surface area contributed by atoms with E-state index >= 15 is 14.4 Å². The highest BCUT2D eigenvalue weighted by molar-refractivity contribution is 5.99. The van der Waals surface area contributed by atoms with Gasteiger partial charge in [0.2, 0.25) is 65.0 Å². The van der Waals surface area contributed by atoms with Crippen LogP contribution in [0.3, 0.4) is 0 Å². The van der Waals surface area contributed by atoms with Crippen LogP contribution < -0.4 is 21.3 Å². The van der Waals surface area contributed by atoms with E-state index in [1.807, 2.05) is 67.5 Å². The van der Waals surface area contributed by atoms with Crippen molar-refractivity contribution >= 4 is 71.2 Å². The van der Waals surface area contributed by atoms with E-state index in [2.05, 4.69) is 26.3 Å². The highest BCUT2D eigenvalue weighted by atomic mass is 16.3. The summed E-state index contributed by atoms with van der Waals surface area (Å²) in [7, 11) is 11.6. The Kier molecular flexibility index (Phi) is 34.1. The smallest absolute Gasteiger partial charge is 0.246 e. The Morgan fingerprint density at radius 1 is 0.472 bits per heavy atom. The second-order valence-corrected chi connectivity index (χ2v) is 27.0. The predicted molar refractivity (Wildman–Crippen MR) is 346 cm³/mol. The van der Waals surface area contributed by atoms with Gasteiger partial charge in [-0.15, -0.1) is 0 Å². The van der Waals surface area contributed by atoms with Gasteiger partial charge in [0, 0.05) is 56.4 Å². The molecule has 12 atom stereocenters. The molecule has 89 heavy (non-hydrogen) atoms. The van der Waals surface area contributed by atoms with Crippen LogP contribution in [0.25, 0.3) is 0 Å². The molecular formula is C65H116N12O12. The molecule has 0 radical (unpaired) electrons. The van der Waals surface area contributed by atoms with E-state index < -0.39 is 156 Å². The van der Waals surface area contributed by atoms with Gasteiger partial charge in [0.15, 0.2) is 0 Å². The largest absolute Gasteiger partial charge is 0.390 e. The fraction of sp³-hybridized carbons (Fsp3) is 0.785. The lowest BCUT2D eigenvalue weighted by molar-refractivity contribution is -0.157. The molecular weight excluding hydrogens is 1140 g/mol. The summed E-state index contributed by atoms with van der Waals surface area (Å²) in [6.45, 7) is 27.5. The number of allylic oxidation sites excluding steroid dienone is 2. The van der Waals surface area contributed by atoms with Crippen LogP contribution in [0.15, 0.2) is 17.1 Å². The highest BCUT2D eigenvalue weighted by Gasteiger charge is 2.46. The minimum atomic E-state index is -1.63. The number of aliphatic hydroxyl groups is 1. The molecule has 5 N–H and O–H groups in total. The van der Waals surface area contributed by atoms with Gasteiger partial charge < -0.3 is 65.7 Å². The van der Waals surface area contributed by atoms with E-state index in [-0.39, 0.29) is 62.2 Å². The first-order chi connectivity index (χ1) is 41.2. The third-order valence-corrected chi connectivity index (χ3v) is 16.7. The molecule has 508 valence electrons. The summed E-state index contributed by atoms with van der Waals surface area (Å²) in [6.07, 6.45) is 6.29. The normalized spacial score (nSPS) is 26.3. The SMILES string of the molecule is CC[C@@H]1NC(=O)[C@H]([C@H](O)[C@H](C)C/C=C/CC/C=N/C)N(C)C(=O)[C@H](C(C)C)N(C)C(=O)[C@H](CC(C)C)N(C)C(=O)[C@H](CC(C)C)N(C)C(=O)[C@H](C)NC(=O)[C@@H](C)NC(=O)[C@@H](CC(C)C)N(C)C(=O)[C@@H](C(C)C)NC(=O)[C@H](CC(C)C)N(C)C(=O)CN(C)C1=O. The molecule has 0 saturated carbocycles. The van der Waals surface area contributed by atoms with Crippen molar-refractivity contribution in [3.05, 3.63) is 12.2 Å². The lowest BCUT2D eigenvalue weighted by Gasteiger charge is -2.41. The average molecular weight is 1260 g/mol. The minimum Gasteiger partial charge on any atom is -0.390 e. The van der Waals surface area contributed by atoms with Gasteiger partial charge in [0.05, 0.1) is 12.6 Å². The van der Waals surface area contributed by atoms with Crippen molar-refractivity contribution in [1.29, 1.82) is 0 Å². The molecule has 1 fully saturated rings. The van der Waals surface area contributed by atoms with Gasteiger partial charge in [-0.25, -0.2) is 0 Å². The van der Waals surface area contributed by atoms with Crippen molar-refractivity contribution in [3.8, 4) is 0 Å². The molecule has 0 spiro atoms. The van der Waals surface area contributed by atoms with E-state index in [4.69, 9.17) is 0 Å². The molecule has 1 aliphatic heterocycles. The summed E-state index contributed by atoms with van der Waals surface area (Å²) in [6, 6.07) is -12.4. The van der Waals surface area contributed by atoms with Crippen molar-refractivity contribution < 1.29 is 57.8 Å². The molecule has 1 saturated heterocycles. The molecule has 0 bridgehead atoms. The van der Waals surface area contributed by atoms with Crippen molar-refractivity contribution in [1.82, 2.24) is 55.6 Å². The molecule has 11 amide bonds. The van der Waals surface area contributed by atoms with Crippen LogP contribution in [0.2, 0.25) is 0 Å². The zero-order valence-corrected chi connectivity index (χ0v) is 58.5. The second-order valence-electron chi connectivity index (χ2n) is 27.0. The Bertz CT molecular complexity index is 2450. The van der Waals surface area contributed by atoms with Crippen LogP contribution in [0.1, 0.15) is 162 Å². The first kappa shape index (κ1) is 80.6. The molecule has 1 rings (SSSR count). The number of nitrogens with zero attached hydrogens (tertiary/aromatic N) is 8. The Morgan fingerprint density at radius 3 is 1.38 bits per heavy atom. The van der Waals surface area contributed by atoms with E-state index in [1.165, 1.54) is 87.7 Å². The molecule has 1 aliphatic rings. The maximum atomic E-state index is 15.3. The number of unbranched alkanes of at least 4 members (excludes halogenated alkanes) is 1. The summed E-state index contributed by atoms with van der Waals surface area (Å²) in [5.41, 5.74) is 0. The number of hydrogen-bond donors (Lipinski definition) is 5. The quantitative estimate of drug-likeness (QED) is 0.0746. The number of carbonyl (C=O) groups is 11. The fourth-order valence-electron chi connectivity index (χ4n) is 11.1. The molecule has 1 heterocycles. The lowest BCUT2D eigenvalue weighted by atomic mass is 9.91. The lowest BCUT2D eigenvalue weighted by Crippen LogP contribution is -2.63. The van der Waals surface area contributed by atoms with Crippen molar-refractivity contribution in [3.63, 3.8) is 0 Å². The van der Waals surface area contributed by atoms with Crippen LogP contribution >= 0.6 is 0 Å². The maximum absolute atomic E-state index is 15.3. The standard InChI is InChI=1S/C65H116N12O12/c1-25-46-61(85)71(18)36-51(78)72(19)47(32-37(2)3)58(82)70-52(41(10)11)64(88)73(20)48(33-38(4)5)57(81)67-44(15)56(80)68-45(16)60(84)74(21)49(34-39(6)7)62(86)75(22)50(35-40(8)9)63(87)76(23)53(42(12)13)65(89)77(24)54(59(83)69-46)55(79)43(14)30-28-26-27-29-31-66-17/h26,28,31,37-50,52-55,79H,25,27,29-30,32-36H2,1-24H3,(H,67,81)(H,68,80)(H,69,83)(H,70,82)/b28-26+,66-31+/t43-,44-,45+,46+,47+,48-,49+,50+,52-,53+,54+,55-/m1/s1. The Hall–Kier alpha value is -6.46. The summed E-state index contributed by atoms with van der Waals surface area (Å²) >= 11 is 0. The Balaban J connectivity index is 4.35. The van der Waals surface area contributed by atoms with Gasteiger partial charge in [-0.05, 0) is 113 Å². The van der Waals surface area contributed by atoms with E-state index in [9.17, 15) is 43.5 Å². The Morgan fingerprint density at radius 2 is 0.910 bits per heavy atom. The van der Waals surface area contributed by atoms with Crippen molar-refractivity contribution in [2.75, 3.05) is 62.9 Å². The van der Waals surface area contributed by atoms with Gasteiger partial charge in [0.25, 0.3) is 0 Å². The van der Waals surface area contributed by atoms with Gasteiger partial charge in [-0.1, -0.05) is 109 Å². The molecule has 24 nitrogen and oxygen atoms in total. The number of aliphatic hydroxyl groups excluding tert-OH is 1. The zero-order chi connectivity index (χ0) is 68.8. The first-order valence-electron chi connectivity index (χ1n) is 32.0. The first-order valence-corrected chi connectivity index (χ1v) is 32.0. The van der Waals surface area contributed by atoms with E-state index in [1.54, 1.807) is 54.8 Å². The molecule has 0 aromatic heterocycles. The van der Waals surface area contributed by atoms with E-state index in [0.717, 1.165) is 9.80 Å². The Labute approximate surface area is 532 Å². The zero-order valence-electron chi connectivity index (χ0n) is 58.5. The molecule has 0 aromatic rings. The molecule has 24 heteroatoms. The summed E-state index contributed by atoms with van der Waals surface area (Å²) in [5.74, 6) is -9.82. The molecule has 0 unspecified atom stereocenters. The van der Waals surface area contributed by atoms with E-state index in [0.29, 0.717) is 12.8 Å². The number of aliphatic imine (C=N–C) groups is 1. The predicted octanol–water partition coefficient (Wildman–Crippen LogP) is 3.73. The summed E-state index contributed by atoms with van der Waals surface area (Å²) in [4.78, 5) is 173. The number of amides is 11. The van der Waals surface area contributed by atoms with Crippen molar-refractivity contribution in [2.24, 2.45) is 46.4 Å². The number of rotatable bonds is 18. The van der Waals surface area contributed by atoms with Gasteiger partial charge >= 0.3 is 0 Å². The highest BCUT2D eigenvalue weighted by Crippen LogP contribution is 2.26. The van der Waals surface area contributed by atoms with Crippen LogP contribution in [-0.4, -0.2) is 240 Å². The molecule has 0 aliphatic carbocycles. The number of likely N-dealkylation sites (N-methyl/N-ethyl adjacent to an activating group) is 7. The minimum absolute atomic E-state index is 0.0142. The molecule has 0 aromatic carbocycles. The fourth-order valence-corrected chi connectivity index (χ4v) is 11.1. The van der Waals surface area contributed by atoms with Crippen molar-refractivity contribution in [2.45, 2.75) is 229 Å². The third-order valence-electron chi connectivity index (χ3n) is 16.7. The van der Waals surface area contributed by atoms with Crippen LogP contribution in [-0.2, 0) is 52.7 Å². The van der Waals surface area contributed by atoms with Gasteiger partial charge in [-0.3, -0.25) is 52.7 Å². The topological polar surface area (TPSA) is 291 Å². The summed E-state index contributed by atoms with van der Waals surface area (Å²) in [5, 5.41) is 23.3.